The van der Waals surface area contributed by atoms with E-state index in [-0.39, 0.29) is 0 Å². The molecular weight excluding hydrogens is 334 g/mol. The highest BCUT2D eigenvalue weighted by atomic mass is 16.2. The fourth-order valence-corrected chi connectivity index (χ4v) is 4.37. The Morgan fingerprint density at radius 1 is 1.15 bits per heavy atom. The maximum atomic E-state index is 11.9. The number of nitrogens with one attached hydrogen (secondary N) is 1. The zero-order valence-corrected chi connectivity index (χ0v) is 17.2. The molecule has 1 N–H and O–H groups in total. The van der Waals surface area contributed by atoms with Crippen LogP contribution in [0.15, 0.2) is 30.5 Å². The lowest BCUT2D eigenvalue weighted by atomic mass is 10.0. The van der Waals surface area contributed by atoms with Crippen LogP contribution in [0.3, 0.4) is 0 Å². The summed E-state index contributed by atoms with van der Waals surface area (Å²) in [6.07, 6.45) is 8.34. The maximum absolute atomic E-state index is 11.9. The molecule has 0 spiro atoms. The maximum Gasteiger partial charge on any atom is 0.222 e. The van der Waals surface area contributed by atoms with E-state index in [1.54, 1.807) is 0 Å². The second-order valence-electron chi connectivity index (χ2n) is 8.33. The predicted octanol–water partition coefficient (Wildman–Crippen LogP) is 4.60. The van der Waals surface area contributed by atoms with Crippen molar-refractivity contribution in [1.29, 1.82) is 0 Å². The van der Waals surface area contributed by atoms with Gasteiger partial charge in [0.25, 0.3) is 0 Å². The van der Waals surface area contributed by atoms with Crippen molar-refractivity contribution in [1.82, 2.24) is 14.8 Å². The lowest BCUT2D eigenvalue weighted by Crippen LogP contribution is -2.41. The van der Waals surface area contributed by atoms with Crippen molar-refractivity contribution in [3.63, 3.8) is 0 Å². The summed E-state index contributed by atoms with van der Waals surface area (Å²) in [6.45, 7) is 9.93. The van der Waals surface area contributed by atoms with E-state index in [2.05, 4.69) is 59.8 Å². The number of likely N-dealkylation sites (tertiary alicyclic amines) is 1. The van der Waals surface area contributed by atoms with E-state index in [4.69, 9.17) is 0 Å². The molecule has 1 atom stereocenters. The third-order valence-corrected chi connectivity index (χ3v) is 5.89. The Bertz CT molecular complexity index is 736. The normalized spacial score (nSPS) is 16.6. The number of carbonyl (C=O) groups is 1. The molecule has 1 fully saturated rings. The minimum atomic E-state index is 0.357. The quantitative estimate of drug-likeness (QED) is 0.656. The van der Waals surface area contributed by atoms with Gasteiger partial charge < -0.3 is 9.88 Å². The lowest BCUT2D eigenvalue weighted by Gasteiger charge is -2.33. The number of aromatic nitrogens is 1. The van der Waals surface area contributed by atoms with Crippen molar-refractivity contribution in [2.75, 3.05) is 19.6 Å². The van der Waals surface area contributed by atoms with Gasteiger partial charge in [-0.1, -0.05) is 6.07 Å². The van der Waals surface area contributed by atoms with Gasteiger partial charge in [-0.2, -0.15) is 0 Å². The van der Waals surface area contributed by atoms with Gasteiger partial charge in [-0.05, 0) is 88.6 Å². The molecule has 3 rings (SSSR count). The number of unbranched alkanes of at least 4 members (excludes halogenated alkanes) is 1. The van der Waals surface area contributed by atoms with Crippen LogP contribution in [-0.4, -0.2) is 52.4 Å². The second kappa shape index (κ2) is 9.41. The Balaban J connectivity index is 1.49. The molecule has 1 saturated heterocycles. The van der Waals surface area contributed by atoms with Gasteiger partial charge in [0.1, 0.15) is 0 Å². The molecule has 2 aromatic rings. The number of aromatic amines is 1. The molecular formula is C23H35N3O. The number of nitrogens with zero attached hydrogens (tertiary/aromatic N) is 2. The SMILES string of the molecule is CC(C)N(CCCCN1CCCCC1=O)C(C)Cc1ccc2[nH]ccc2c1. The van der Waals surface area contributed by atoms with Crippen LogP contribution < -0.4 is 0 Å². The molecule has 4 heteroatoms. The Labute approximate surface area is 163 Å². The molecule has 2 heterocycles. The summed E-state index contributed by atoms with van der Waals surface area (Å²) in [4.78, 5) is 19.9. The highest BCUT2D eigenvalue weighted by molar-refractivity contribution is 5.79. The lowest BCUT2D eigenvalue weighted by molar-refractivity contribution is -0.133. The Kier molecular flexibility index (Phi) is 6.95. The second-order valence-corrected chi connectivity index (χ2v) is 8.33. The third-order valence-electron chi connectivity index (χ3n) is 5.89. The fraction of sp³-hybridized carbons (Fsp3) is 0.609. The van der Waals surface area contributed by atoms with E-state index >= 15 is 0 Å². The third kappa shape index (κ3) is 5.35. The van der Waals surface area contributed by atoms with Crippen LogP contribution >= 0.6 is 0 Å². The van der Waals surface area contributed by atoms with Gasteiger partial charge >= 0.3 is 0 Å². The van der Waals surface area contributed by atoms with Gasteiger partial charge in [0.15, 0.2) is 0 Å². The summed E-state index contributed by atoms with van der Waals surface area (Å²) in [5.74, 6) is 0.357. The van der Waals surface area contributed by atoms with Crippen LogP contribution in [0.4, 0.5) is 0 Å². The number of carbonyl (C=O) groups excluding carboxylic acids is 1. The smallest absolute Gasteiger partial charge is 0.222 e. The van der Waals surface area contributed by atoms with Crippen molar-refractivity contribution in [2.24, 2.45) is 0 Å². The largest absolute Gasteiger partial charge is 0.361 e. The first-order chi connectivity index (χ1) is 13.0. The number of rotatable bonds is 9. The van der Waals surface area contributed by atoms with E-state index in [0.29, 0.717) is 18.0 Å². The zero-order valence-electron chi connectivity index (χ0n) is 17.2. The summed E-state index contributed by atoms with van der Waals surface area (Å²) >= 11 is 0. The van der Waals surface area contributed by atoms with Crippen molar-refractivity contribution in [3.8, 4) is 0 Å². The van der Waals surface area contributed by atoms with Gasteiger partial charge in [-0.25, -0.2) is 0 Å². The minimum Gasteiger partial charge on any atom is -0.361 e. The molecule has 1 aliphatic heterocycles. The average molecular weight is 370 g/mol. The first kappa shape index (κ1) is 19.9. The van der Waals surface area contributed by atoms with Crippen LogP contribution in [0, 0.1) is 0 Å². The van der Waals surface area contributed by atoms with Crippen LogP contribution in [0.2, 0.25) is 0 Å². The first-order valence-corrected chi connectivity index (χ1v) is 10.6. The van der Waals surface area contributed by atoms with Crippen LogP contribution in [0.25, 0.3) is 10.9 Å². The molecule has 27 heavy (non-hydrogen) atoms. The van der Waals surface area contributed by atoms with E-state index < -0.39 is 0 Å². The first-order valence-electron chi connectivity index (χ1n) is 10.6. The highest BCUT2D eigenvalue weighted by Crippen LogP contribution is 2.18. The summed E-state index contributed by atoms with van der Waals surface area (Å²) in [5, 5.41) is 1.29. The van der Waals surface area contributed by atoms with E-state index in [9.17, 15) is 4.79 Å². The van der Waals surface area contributed by atoms with Crippen LogP contribution in [-0.2, 0) is 11.2 Å². The fourth-order valence-electron chi connectivity index (χ4n) is 4.37. The van der Waals surface area contributed by atoms with Gasteiger partial charge in [0.05, 0.1) is 0 Å². The summed E-state index contributed by atoms with van der Waals surface area (Å²) in [5.41, 5.74) is 2.61. The molecule has 4 nitrogen and oxygen atoms in total. The number of hydrogen-bond acceptors (Lipinski definition) is 2. The van der Waals surface area contributed by atoms with Crippen molar-refractivity contribution < 1.29 is 4.79 Å². The Morgan fingerprint density at radius 2 is 2.00 bits per heavy atom. The molecule has 0 radical (unpaired) electrons. The van der Waals surface area contributed by atoms with E-state index in [0.717, 1.165) is 51.7 Å². The minimum absolute atomic E-state index is 0.357. The van der Waals surface area contributed by atoms with Gasteiger partial charge in [-0.15, -0.1) is 0 Å². The summed E-state index contributed by atoms with van der Waals surface area (Å²) in [6, 6.07) is 9.93. The molecule has 1 amide bonds. The number of amides is 1. The number of benzene rings is 1. The Morgan fingerprint density at radius 3 is 2.78 bits per heavy atom. The molecule has 1 aliphatic rings. The highest BCUT2D eigenvalue weighted by Gasteiger charge is 2.19. The van der Waals surface area contributed by atoms with Crippen molar-refractivity contribution >= 4 is 16.8 Å². The molecule has 1 unspecified atom stereocenters. The molecule has 1 aromatic heterocycles. The van der Waals surface area contributed by atoms with E-state index in [1.165, 1.54) is 22.9 Å². The summed E-state index contributed by atoms with van der Waals surface area (Å²) < 4.78 is 0. The van der Waals surface area contributed by atoms with Crippen molar-refractivity contribution in [3.05, 3.63) is 36.0 Å². The topological polar surface area (TPSA) is 39.3 Å². The molecule has 1 aromatic carbocycles. The number of H-pyrrole nitrogens is 1. The number of hydrogen-bond donors (Lipinski definition) is 1. The van der Waals surface area contributed by atoms with Gasteiger partial charge in [0.2, 0.25) is 5.91 Å². The predicted molar refractivity (Wildman–Crippen MR) is 113 cm³/mol. The molecule has 148 valence electrons. The average Bonchev–Trinajstić information content (AvgIpc) is 3.10. The molecule has 0 aliphatic carbocycles. The van der Waals surface area contributed by atoms with E-state index in [1.807, 2.05) is 6.20 Å². The Hall–Kier alpha value is -1.81. The standard InChI is InChI=1S/C23H35N3O/c1-18(2)26(15-7-6-14-25-13-5-4-8-23(25)27)19(3)16-20-9-10-22-21(17-20)11-12-24-22/h9-12,17-19,24H,4-8,13-16H2,1-3H3. The van der Waals surface area contributed by atoms with Gasteiger partial charge in [-0.3, -0.25) is 9.69 Å². The summed E-state index contributed by atoms with van der Waals surface area (Å²) in [7, 11) is 0. The van der Waals surface area contributed by atoms with Crippen LogP contribution in [0.1, 0.15) is 58.4 Å². The number of piperidine rings is 1. The van der Waals surface area contributed by atoms with Crippen LogP contribution in [0.5, 0.6) is 0 Å². The molecule has 0 bridgehead atoms. The number of fused-ring (bicyclic) bond motifs is 1. The molecule has 0 saturated carbocycles. The zero-order chi connectivity index (χ0) is 19.2. The monoisotopic (exact) mass is 369 g/mol. The van der Waals surface area contributed by atoms with Crippen molar-refractivity contribution in [2.45, 2.75) is 71.4 Å². The van der Waals surface area contributed by atoms with Gasteiger partial charge in [0, 0.05) is 43.3 Å².